The first-order valence-electron chi connectivity index (χ1n) is 9.62. The largest absolute Gasteiger partial charge is 0.481 e. The molecule has 0 aromatic heterocycles. The van der Waals surface area contributed by atoms with Crippen LogP contribution in [0.5, 0.6) is 0 Å². The van der Waals surface area contributed by atoms with Gasteiger partial charge in [0.15, 0.2) is 0 Å². The molecule has 2 heteroatoms. The monoisotopic (exact) mass is 338 g/mol. The highest BCUT2D eigenvalue weighted by Gasteiger charge is 2.04. The minimum atomic E-state index is -0.671. The van der Waals surface area contributed by atoms with Gasteiger partial charge in [-0.2, -0.15) is 0 Å². The van der Waals surface area contributed by atoms with Crippen molar-refractivity contribution in [1.82, 2.24) is 0 Å². The number of carboxylic acid groups (broad SMARTS) is 1. The molecule has 0 amide bonds. The first-order valence-corrected chi connectivity index (χ1v) is 9.62. The molecule has 0 radical (unpaired) electrons. The molecule has 0 bridgehead atoms. The van der Waals surface area contributed by atoms with Crippen LogP contribution in [-0.2, 0) is 11.2 Å². The zero-order valence-corrected chi connectivity index (χ0v) is 15.1. The van der Waals surface area contributed by atoms with E-state index in [-0.39, 0.29) is 0 Å². The van der Waals surface area contributed by atoms with Gasteiger partial charge in [0.05, 0.1) is 0 Å². The summed E-state index contributed by atoms with van der Waals surface area (Å²) in [5.74, 6) is -0.671. The lowest BCUT2D eigenvalue weighted by Gasteiger charge is -2.09. The van der Waals surface area contributed by atoms with Gasteiger partial charge < -0.3 is 5.11 Å². The van der Waals surface area contributed by atoms with Gasteiger partial charge in [-0.1, -0.05) is 93.1 Å². The molecule has 0 fully saturated rings. The van der Waals surface area contributed by atoms with Crippen LogP contribution in [0.3, 0.4) is 0 Å². The molecule has 0 saturated carbocycles. The van der Waals surface area contributed by atoms with Crippen LogP contribution in [0.4, 0.5) is 0 Å². The van der Waals surface area contributed by atoms with Gasteiger partial charge in [-0.3, -0.25) is 4.79 Å². The molecule has 1 N–H and O–H groups in total. The second kappa shape index (κ2) is 11.5. The fourth-order valence-electron chi connectivity index (χ4n) is 3.29. The Kier molecular flexibility index (Phi) is 8.82. The molecular weight excluding hydrogens is 308 g/mol. The van der Waals surface area contributed by atoms with Crippen LogP contribution in [0.15, 0.2) is 54.6 Å². The molecule has 2 rings (SSSR count). The Hall–Kier alpha value is -2.09. The minimum absolute atomic E-state index is 0.320. The number of hydrogen-bond acceptors (Lipinski definition) is 1. The van der Waals surface area contributed by atoms with Crippen molar-refractivity contribution in [3.63, 3.8) is 0 Å². The number of carboxylic acids is 1. The molecule has 0 saturated heterocycles. The zero-order valence-electron chi connectivity index (χ0n) is 15.1. The summed E-state index contributed by atoms with van der Waals surface area (Å²) < 4.78 is 0. The quantitative estimate of drug-likeness (QED) is 0.449. The normalized spacial score (nSPS) is 10.7. The molecule has 0 atom stereocenters. The number of aryl methyl sites for hydroxylation is 1. The van der Waals surface area contributed by atoms with Crippen molar-refractivity contribution in [2.75, 3.05) is 0 Å². The van der Waals surface area contributed by atoms with E-state index in [2.05, 4.69) is 54.6 Å². The summed E-state index contributed by atoms with van der Waals surface area (Å²) >= 11 is 0. The van der Waals surface area contributed by atoms with E-state index in [9.17, 15) is 4.79 Å². The lowest BCUT2D eigenvalue weighted by atomic mass is 9.95. The van der Waals surface area contributed by atoms with Gasteiger partial charge in [0.1, 0.15) is 0 Å². The van der Waals surface area contributed by atoms with Gasteiger partial charge in [-0.05, 0) is 36.0 Å². The third-order valence-corrected chi connectivity index (χ3v) is 4.69. The Morgan fingerprint density at radius 3 is 1.92 bits per heavy atom. The summed E-state index contributed by atoms with van der Waals surface area (Å²) in [7, 11) is 0. The molecule has 134 valence electrons. The van der Waals surface area contributed by atoms with Crippen LogP contribution in [0.2, 0.25) is 0 Å². The Labute approximate surface area is 151 Å². The van der Waals surface area contributed by atoms with E-state index in [1.165, 1.54) is 55.2 Å². The topological polar surface area (TPSA) is 37.3 Å². The van der Waals surface area contributed by atoms with Crippen molar-refractivity contribution in [3.05, 3.63) is 60.2 Å². The van der Waals surface area contributed by atoms with Gasteiger partial charge in [-0.15, -0.1) is 0 Å². The number of benzene rings is 2. The molecule has 0 aliphatic rings. The Morgan fingerprint density at radius 2 is 1.24 bits per heavy atom. The van der Waals surface area contributed by atoms with E-state index in [4.69, 9.17) is 5.11 Å². The maximum Gasteiger partial charge on any atom is 0.303 e. The molecule has 0 aliphatic heterocycles. The lowest BCUT2D eigenvalue weighted by Crippen LogP contribution is -1.93. The molecule has 2 aromatic carbocycles. The van der Waals surface area contributed by atoms with Crippen LogP contribution in [0, 0.1) is 0 Å². The standard InChI is InChI=1S/C23H30O2/c24-23(25)19-11-6-4-2-1-3-5-8-14-21-17-12-13-18-22(21)20-15-9-7-10-16-20/h7,9-10,12-13,15-18H,1-6,8,11,14,19H2,(H,24,25). The summed E-state index contributed by atoms with van der Waals surface area (Å²) in [6.45, 7) is 0. The van der Waals surface area contributed by atoms with Crippen LogP contribution in [-0.4, -0.2) is 11.1 Å². The summed E-state index contributed by atoms with van der Waals surface area (Å²) in [6.07, 6.45) is 10.8. The smallest absolute Gasteiger partial charge is 0.303 e. The third kappa shape index (κ3) is 7.55. The number of unbranched alkanes of at least 4 members (excludes halogenated alkanes) is 7. The van der Waals surface area contributed by atoms with E-state index in [0.29, 0.717) is 6.42 Å². The van der Waals surface area contributed by atoms with E-state index in [0.717, 1.165) is 19.3 Å². The molecule has 2 nitrogen and oxygen atoms in total. The van der Waals surface area contributed by atoms with Crippen molar-refractivity contribution in [3.8, 4) is 11.1 Å². The summed E-state index contributed by atoms with van der Waals surface area (Å²) in [6, 6.07) is 19.4. The first-order chi connectivity index (χ1) is 12.3. The Morgan fingerprint density at radius 1 is 0.680 bits per heavy atom. The summed E-state index contributed by atoms with van der Waals surface area (Å²) in [5.41, 5.74) is 4.11. The number of rotatable bonds is 12. The summed E-state index contributed by atoms with van der Waals surface area (Å²) in [5, 5.41) is 8.60. The van der Waals surface area contributed by atoms with E-state index >= 15 is 0 Å². The maximum atomic E-state index is 10.4. The Balaban J connectivity index is 1.62. The fraction of sp³-hybridized carbons (Fsp3) is 0.435. The number of carbonyl (C=O) groups is 1. The fourth-order valence-corrected chi connectivity index (χ4v) is 3.29. The zero-order chi connectivity index (χ0) is 17.7. The van der Waals surface area contributed by atoms with E-state index in [1.54, 1.807) is 0 Å². The van der Waals surface area contributed by atoms with Gasteiger partial charge >= 0.3 is 5.97 Å². The number of hydrogen-bond donors (Lipinski definition) is 1. The third-order valence-electron chi connectivity index (χ3n) is 4.69. The second-order valence-electron chi connectivity index (χ2n) is 6.75. The number of aliphatic carboxylic acids is 1. The van der Waals surface area contributed by atoms with Crippen molar-refractivity contribution < 1.29 is 9.90 Å². The maximum absolute atomic E-state index is 10.4. The summed E-state index contributed by atoms with van der Waals surface area (Å²) in [4.78, 5) is 10.4. The average Bonchev–Trinajstić information content (AvgIpc) is 2.64. The predicted molar refractivity (Wildman–Crippen MR) is 105 cm³/mol. The molecule has 0 unspecified atom stereocenters. The van der Waals surface area contributed by atoms with Gasteiger partial charge in [0.2, 0.25) is 0 Å². The van der Waals surface area contributed by atoms with E-state index < -0.39 is 5.97 Å². The molecule has 2 aromatic rings. The van der Waals surface area contributed by atoms with Crippen LogP contribution in [0.25, 0.3) is 11.1 Å². The minimum Gasteiger partial charge on any atom is -0.481 e. The van der Waals surface area contributed by atoms with Gasteiger partial charge in [0, 0.05) is 6.42 Å². The van der Waals surface area contributed by atoms with Crippen molar-refractivity contribution in [2.24, 2.45) is 0 Å². The molecule has 0 spiro atoms. The van der Waals surface area contributed by atoms with Crippen LogP contribution >= 0.6 is 0 Å². The van der Waals surface area contributed by atoms with Gasteiger partial charge in [0.25, 0.3) is 0 Å². The van der Waals surface area contributed by atoms with Crippen molar-refractivity contribution >= 4 is 5.97 Å². The van der Waals surface area contributed by atoms with Gasteiger partial charge in [-0.25, -0.2) is 0 Å². The highest BCUT2D eigenvalue weighted by atomic mass is 16.4. The predicted octanol–water partition coefficient (Wildman–Crippen LogP) is 6.49. The van der Waals surface area contributed by atoms with Crippen molar-refractivity contribution in [2.45, 2.75) is 64.2 Å². The Bertz CT molecular complexity index is 619. The molecule has 0 heterocycles. The SMILES string of the molecule is O=C(O)CCCCCCCCCCc1ccccc1-c1ccccc1. The van der Waals surface area contributed by atoms with Crippen LogP contribution < -0.4 is 0 Å². The van der Waals surface area contributed by atoms with Crippen LogP contribution in [0.1, 0.15) is 63.4 Å². The molecule has 25 heavy (non-hydrogen) atoms. The molecular formula is C23H30O2. The highest BCUT2D eigenvalue weighted by molar-refractivity contribution is 5.67. The lowest BCUT2D eigenvalue weighted by molar-refractivity contribution is -0.137. The van der Waals surface area contributed by atoms with E-state index in [1.807, 2.05) is 0 Å². The second-order valence-corrected chi connectivity index (χ2v) is 6.75. The highest BCUT2D eigenvalue weighted by Crippen LogP contribution is 2.25. The first kappa shape index (κ1) is 19.2. The van der Waals surface area contributed by atoms with Crippen molar-refractivity contribution in [1.29, 1.82) is 0 Å². The molecule has 0 aliphatic carbocycles. The average molecular weight is 338 g/mol.